The highest BCUT2D eigenvalue weighted by Gasteiger charge is 2.01. The fourth-order valence-corrected chi connectivity index (χ4v) is 2.20. The second-order valence-electron chi connectivity index (χ2n) is 3.22. The molecule has 5 N–H and O–H groups in total. The highest BCUT2D eigenvalue weighted by molar-refractivity contribution is 7.17. The van der Waals surface area contributed by atoms with E-state index in [4.69, 9.17) is 10.9 Å². The summed E-state index contributed by atoms with van der Waals surface area (Å²) in [7, 11) is 0. The molecule has 0 saturated heterocycles. The van der Waals surface area contributed by atoms with Crippen molar-refractivity contribution in [3.8, 4) is 10.4 Å². The molecule has 0 radical (unpaired) electrons. The van der Waals surface area contributed by atoms with Crippen molar-refractivity contribution in [2.45, 2.75) is 6.54 Å². The molecule has 0 aliphatic carbocycles. The predicted molar refractivity (Wildman–Crippen MR) is 69.0 cm³/mol. The molecule has 1 aromatic carbocycles. The van der Waals surface area contributed by atoms with Crippen molar-refractivity contribution in [3.63, 3.8) is 0 Å². The number of rotatable bonds is 3. The van der Waals surface area contributed by atoms with Gasteiger partial charge < -0.3 is 10.9 Å². The number of aldehydes is 1. The van der Waals surface area contributed by atoms with Gasteiger partial charge in [0.25, 0.3) is 0 Å². The van der Waals surface area contributed by atoms with Gasteiger partial charge in [0.05, 0.1) is 4.88 Å². The minimum atomic E-state index is 0.560. The zero-order chi connectivity index (χ0) is 12.7. The van der Waals surface area contributed by atoms with Crippen molar-refractivity contribution in [1.82, 2.24) is 0 Å². The van der Waals surface area contributed by atoms with E-state index in [1.165, 1.54) is 11.3 Å². The third-order valence-corrected chi connectivity index (χ3v) is 3.28. The van der Waals surface area contributed by atoms with Gasteiger partial charge in [-0.1, -0.05) is 24.3 Å². The second kappa shape index (κ2) is 6.93. The fourth-order valence-electron chi connectivity index (χ4n) is 1.38. The van der Waals surface area contributed by atoms with E-state index in [1.807, 2.05) is 36.4 Å². The average Bonchev–Trinajstić information content (AvgIpc) is 2.90. The summed E-state index contributed by atoms with van der Waals surface area (Å²) in [6.07, 6.45) is 0.877. The Morgan fingerprint density at radius 2 is 1.76 bits per heavy atom. The summed E-state index contributed by atoms with van der Waals surface area (Å²) in [5.74, 6) is 3.50. The molecule has 0 saturated carbocycles. The molecule has 1 aromatic heterocycles. The fraction of sp³-hybridized carbons (Fsp3) is 0.0833. The molecule has 0 atom stereocenters. The molecule has 0 aliphatic rings. The molecule has 0 fully saturated rings. The number of carbonyl (C=O) groups excluding carboxylic acids is 1. The van der Waals surface area contributed by atoms with Gasteiger partial charge in [-0.2, -0.15) is 0 Å². The van der Waals surface area contributed by atoms with Crippen molar-refractivity contribution < 1.29 is 10.0 Å². The molecular weight excluding hydrogens is 236 g/mol. The number of carbonyl (C=O) groups is 1. The maximum absolute atomic E-state index is 10.5. The quantitative estimate of drug-likeness (QED) is 0.574. The monoisotopic (exact) mass is 250 g/mol. The molecule has 2 rings (SSSR count). The highest BCUT2D eigenvalue weighted by atomic mass is 32.1. The van der Waals surface area contributed by atoms with Crippen molar-refractivity contribution >= 4 is 17.6 Å². The van der Waals surface area contributed by atoms with Gasteiger partial charge in [-0.15, -0.1) is 11.3 Å². The van der Waals surface area contributed by atoms with Crippen LogP contribution < -0.4 is 11.6 Å². The average molecular weight is 250 g/mol. The van der Waals surface area contributed by atoms with Gasteiger partial charge in [-0.25, -0.2) is 5.90 Å². The second-order valence-corrected chi connectivity index (χ2v) is 4.34. The van der Waals surface area contributed by atoms with Crippen LogP contribution in [-0.2, 0) is 6.54 Å². The smallest absolute Gasteiger partial charge is 0.160 e. The molecule has 1 heterocycles. The van der Waals surface area contributed by atoms with Crippen LogP contribution in [0.1, 0.15) is 15.2 Å². The van der Waals surface area contributed by atoms with Crippen molar-refractivity contribution in [2.75, 3.05) is 0 Å². The SMILES string of the molecule is NCc1ccc(-c2ccc(C=O)s2)cc1.NO. The Morgan fingerprint density at radius 1 is 1.12 bits per heavy atom. The Labute approximate surface area is 103 Å². The van der Waals surface area contributed by atoms with Crippen molar-refractivity contribution in [1.29, 1.82) is 0 Å². The van der Waals surface area contributed by atoms with E-state index < -0.39 is 0 Å². The van der Waals surface area contributed by atoms with Gasteiger partial charge >= 0.3 is 0 Å². The van der Waals surface area contributed by atoms with E-state index in [1.54, 1.807) is 0 Å². The standard InChI is InChI=1S/C12H11NOS.H3NO/c13-7-9-1-3-10(4-2-9)12-6-5-11(8-14)15-12;1-2/h1-6,8H,7,13H2;2H,1H2. The number of nitrogens with two attached hydrogens (primary N) is 2. The lowest BCUT2D eigenvalue weighted by molar-refractivity contribution is 0.112. The number of thiophene rings is 1. The van der Waals surface area contributed by atoms with Crippen LogP contribution >= 0.6 is 11.3 Å². The molecule has 90 valence electrons. The van der Waals surface area contributed by atoms with Crippen LogP contribution in [-0.4, -0.2) is 11.5 Å². The van der Waals surface area contributed by atoms with E-state index >= 15 is 0 Å². The Morgan fingerprint density at radius 3 is 2.24 bits per heavy atom. The lowest BCUT2D eigenvalue weighted by Crippen LogP contribution is -1.94. The van der Waals surface area contributed by atoms with E-state index in [0.29, 0.717) is 6.54 Å². The van der Waals surface area contributed by atoms with E-state index in [9.17, 15) is 4.79 Å². The molecule has 0 unspecified atom stereocenters. The van der Waals surface area contributed by atoms with Gasteiger partial charge in [-0.3, -0.25) is 4.79 Å². The molecule has 0 aliphatic heterocycles. The lowest BCUT2D eigenvalue weighted by Gasteiger charge is -1.99. The first-order chi connectivity index (χ1) is 8.33. The summed E-state index contributed by atoms with van der Waals surface area (Å²) >= 11 is 1.50. The number of hydrogen-bond acceptors (Lipinski definition) is 5. The molecule has 0 bridgehead atoms. The summed E-state index contributed by atoms with van der Waals surface area (Å²) in [6, 6.07) is 11.9. The molecular formula is C12H14N2O2S. The lowest BCUT2D eigenvalue weighted by atomic mass is 10.1. The summed E-state index contributed by atoms with van der Waals surface area (Å²) in [5, 5.41) is 6.50. The van der Waals surface area contributed by atoms with Crippen LogP contribution in [0, 0.1) is 0 Å². The molecule has 17 heavy (non-hydrogen) atoms. The van der Waals surface area contributed by atoms with E-state index in [-0.39, 0.29) is 0 Å². The third-order valence-electron chi connectivity index (χ3n) is 2.22. The van der Waals surface area contributed by atoms with E-state index in [0.717, 1.165) is 27.2 Å². The zero-order valence-electron chi connectivity index (χ0n) is 9.17. The van der Waals surface area contributed by atoms with Gasteiger partial charge in [0.15, 0.2) is 6.29 Å². The van der Waals surface area contributed by atoms with E-state index in [2.05, 4.69) is 5.90 Å². The normalized spacial score (nSPS) is 9.35. The molecule has 5 heteroatoms. The maximum Gasteiger partial charge on any atom is 0.160 e. The molecule has 0 amide bonds. The van der Waals surface area contributed by atoms with Gasteiger partial charge in [0.2, 0.25) is 0 Å². The largest absolute Gasteiger partial charge is 0.326 e. The predicted octanol–water partition coefficient (Wildman–Crippen LogP) is 2.02. The maximum atomic E-state index is 10.5. The van der Waals surface area contributed by atoms with Gasteiger partial charge in [0, 0.05) is 11.4 Å². The number of hydrogen-bond donors (Lipinski definition) is 3. The highest BCUT2D eigenvalue weighted by Crippen LogP contribution is 2.27. The van der Waals surface area contributed by atoms with Crippen LogP contribution in [0.4, 0.5) is 0 Å². The van der Waals surface area contributed by atoms with Crippen LogP contribution in [0.5, 0.6) is 0 Å². The summed E-state index contributed by atoms with van der Waals surface area (Å²) < 4.78 is 0. The van der Waals surface area contributed by atoms with Gasteiger partial charge in [-0.05, 0) is 23.3 Å². The number of benzene rings is 1. The van der Waals surface area contributed by atoms with Crippen LogP contribution in [0.15, 0.2) is 36.4 Å². The Balaban J connectivity index is 0.000000686. The zero-order valence-corrected chi connectivity index (χ0v) is 9.98. The first kappa shape index (κ1) is 13.5. The van der Waals surface area contributed by atoms with Crippen molar-refractivity contribution in [2.24, 2.45) is 11.6 Å². The minimum Gasteiger partial charge on any atom is -0.326 e. The molecule has 4 nitrogen and oxygen atoms in total. The van der Waals surface area contributed by atoms with Crippen LogP contribution in [0.25, 0.3) is 10.4 Å². The molecule has 0 spiro atoms. The summed E-state index contributed by atoms with van der Waals surface area (Å²) in [4.78, 5) is 12.4. The topological polar surface area (TPSA) is 89.3 Å². The Bertz CT molecular complexity index is 466. The van der Waals surface area contributed by atoms with Crippen LogP contribution in [0.2, 0.25) is 0 Å². The summed E-state index contributed by atoms with van der Waals surface area (Å²) in [6.45, 7) is 0.560. The third kappa shape index (κ3) is 3.47. The van der Waals surface area contributed by atoms with Crippen molar-refractivity contribution in [3.05, 3.63) is 46.8 Å². The molecule has 2 aromatic rings. The first-order valence-corrected chi connectivity index (χ1v) is 5.75. The van der Waals surface area contributed by atoms with Crippen LogP contribution in [0.3, 0.4) is 0 Å². The summed E-state index contributed by atoms with van der Waals surface area (Å²) in [5.41, 5.74) is 7.77. The Hall–Kier alpha value is -1.53. The minimum absolute atomic E-state index is 0.560. The Kier molecular flexibility index (Phi) is 5.51. The first-order valence-electron chi connectivity index (χ1n) is 4.93. The van der Waals surface area contributed by atoms with Gasteiger partial charge in [0.1, 0.15) is 0 Å².